The SMILES string of the molecule is Cc1cc(-c2ccccc2CCNC(=O)c2cnn(C)c2)ccc1[C@@H]1CCCNC1. The third kappa shape index (κ3) is 4.62. The number of amides is 1. The van der Waals surface area contributed by atoms with E-state index in [0.29, 0.717) is 18.0 Å². The molecule has 5 nitrogen and oxygen atoms in total. The molecule has 0 bridgehead atoms. The third-order valence-electron chi connectivity index (χ3n) is 5.98. The minimum absolute atomic E-state index is 0.0816. The Balaban J connectivity index is 1.46. The fourth-order valence-corrected chi connectivity index (χ4v) is 4.39. The molecule has 1 aromatic heterocycles. The smallest absolute Gasteiger partial charge is 0.254 e. The maximum Gasteiger partial charge on any atom is 0.254 e. The zero-order chi connectivity index (χ0) is 20.9. The van der Waals surface area contributed by atoms with E-state index in [1.807, 2.05) is 7.05 Å². The minimum atomic E-state index is -0.0816. The highest BCUT2D eigenvalue weighted by Crippen LogP contribution is 2.31. The van der Waals surface area contributed by atoms with Gasteiger partial charge in [-0.3, -0.25) is 9.48 Å². The summed E-state index contributed by atoms with van der Waals surface area (Å²) in [5.74, 6) is 0.535. The van der Waals surface area contributed by atoms with E-state index in [4.69, 9.17) is 0 Å². The van der Waals surface area contributed by atoms with Crippen molar-refractivity contribution in [2.45, 2.75) is 32.1 Å². The Hall–Kier alpha value is -2.92. The summed E-state index contributed by atoms with van der Waals surface area (Å²) in [6.45, 7) is 5.03. The van der Waals surface area contributed by atoms with Gasteiger partial charge < -0.3 is 10.6 Å². The number of hydrogen-bond donors (Lipinski definition) is 2. The van der Waals surface area contributed by atoms with Crippen LogP contribution in [-0.2, 0) is 13.5 Å². The second-order valence-electron chi connectivity index (χ2n) is 8.18. The molecule has 3 aromatic rings. The summed E-state index contributed by atoms with van der Waals surface area (Å²) in [7, 11) is 1.81. The zero-order valence-electron chi connectivity index (χ0n) is 17.8. The Bertz CT molecular complexity index is 1020. The molecule has 0 unspecified atom stereocenters. The lowest BCUT2D eigenvalue weighted by Crippen LogP contribution is -2.28. The number of nitrogens with zero attached hydrogens (tertiary/aromatic N) is 2. The minimum Gasteiger partial charge on any atom is -0.352 e. The Kier molecular flexibility index (Phi) is 6.29. The molecule has 1 amide bonds. The summed E-state index contributed by atoms with van der Waals surface area (Å²) >= 11 is 0. The van der Waals surface area contributed by atoms with Gasteiger partial charge in [0.15, 0.2) is 0 Å². The first-order valence-electron chi connectivity index (χ1n) is 10.8. The Morgan fingerprint density at radius 3 is 2.87 bits per heavy atom. The lowest BCUT2D eigenvalue weighted by atomic mass is 9.86. The van der Waals surface area contributed by atoms with Gasteiger partial charge in [0.2, 0.25) is 0 Å². The van der Waals surface area contributed by atoms with Crippen LogP contribution >= 0.6 is 0 Å². The standard InChI is InChI=1S/C25H30N4O/c1-18-14-20(9-10-23(18)21-7-5-12-26-15-21)24-8-4-3-6-19(24)11-13-27-25(30)22-16-28-29(2)17-22/h3-4,6,8-10,14,16-17,21,26H,5,7,11-13,15H2,1-2H3,(H,27,30)/t21-/m1/s1. The van der Waals surface area contributed by atoms with Gasteiger partial charge >= 0.3 is 0 Å². The molecule has 0 spiro atoms. The van der Waals surface area contributed by atoms with Crippen LogP contribution in [0.2, 0.25) is 0 Å². The van der Waals surface area contributed by atoms with Crippen LogP contribution in [0, 0.1) is 6.92 Å². The van der Waals surface area contributed by atoms with Crippen LogP contribution in [-0.4, -0.2) is 35.3 Å². The zero-order valence-corrected chi connectivity index (χ0v) is 17.8. The summed E-state index contributed by atoms with van der Waals surface area (Å²) < 4.78 is 1.64. The highest BCUT2D eigenvalue weighted by molar-refractivity contribution is 5.93. The number of hydrogen-bond acceptors (Lipinski definition) is 3. The molecule has 5 heteroatoms. The van der Waals surface area contributed by atoms with E-state index >= 15 is 0 Å². The Morgan fingerprint density at radius 2 is 2.13 bits per heavy atom. The van der Waals surface area contributed by atoms with Crippen molar-refractivity contribution in [1.82, 2.24) is 20.4 Å². The van der Waals surface area contributed by atoms with Gasteiger partial charge in [0.05, 0.1) is 11.8 Å². The van der Waals surface area contributed by atoms with Gasteiger partial charge in [-0.2, -0.15) is 5.10 Å². The first-order chi connectivity index (χ1) is 14.6. The maximum atomic E-state index is 12.3. The van der Waals surface area contributed by atoms with E-state index in [2.05, 4.69) is 65.1 Å². The van der Waals surface area contributed by atoms with Crippen molar-refractivity contribution in [2.24, 2.45) is 7.05 Å². The molecule has 30 heavy (non-hydrogen) atoms. The molecule has 1 saturated heterocycles. The van der Waals surface area contributed by atoms with Crippen LogP contribution in [0.15, 0.2) is 54.9 Å². The summed E-state index contributed by atoms with van der Waals surface area (Å²) in [6.07, 6.45) is 6.63. The molecule has 1 aliphatic rings. The maximum absolute atomic E-state index is 12.3. The molecule has 156 valence electrons. The van der Waals surface area contributed by atoms with Crippen LogP contribution < -0.4 is 10.6 Å². The third-order valence-corrected chi connectivity index (χ3v) is 5.98. The number of aromatic nitrogens is 2. The second-order valence-corrected chi connectivity index (χ2v) is 8.18. The number of rotatable bonds is 6. The van der Waals surface area contributed by atoms with Crippen molar-refractivity contribution < 1.29 is 4.79 Å². The van der Waals surface area contributed by atoms with E-state index in [9.17, 15) is 4.79 Å². The van der Waals surface area contributed by atoms with Gasteiger partial charge in [-0.05, 0) is 66.5 Å². The summed E-state index contributed by atoms with van der Waals surface area (Å²) in [6, 6.07) is 15.4. The molecule has 2 N–H and O–H groups in total. The number of carbonyl (C=O) groups excluding carboxylic acids is 1. The van der Waals surface area contributed by atoms with Crippen molar-refractivity contribution in [2.75, 3.05) is 19.6 Å². The average molecular weight is 403 g/mol. The van der Waals surface area contributed by atoms with E-state index in [-0.39, 0.29) is 5.91 Å². The van der Waals surface area contributed by atoms with Gasteiger partial charge in [-0.25, -0.2) is 0 Å². The number of nitrogens with one attached hydrogen (secondary N) is 2. The lowest BCUT2D eigenvalue weighted by molar-refractivity contribution is 0.0954. The van der Waals surface area contributed by atoms with E-state index in [1.54, 1.807) is 17.1 Å². The molecule has 0 saturated carbocycles. The molecule has 2 heterocycles. The van der Waals surface area contributed by atoms with Crippen molar-refractivity contribution in [1.29, 1.82) is 0 Å². The van der Waals surface area contributed by atoms with Gasteiger partial charge in [0.25, 0.3) is 5.91 Å². The van der Waals surface area contributed by atoms with E-state index < -0.39 is 0 Å². The quantitative estimate of drug-likeness (QED) is 0.659. The monoisotopic (exact) mass is 402 g/mol. The highest BCUT2D eigenvalue weighted by atomic mass is 16.1. The fourth-order valence-electron chi connectivity index (χ4n) is 4.39. The second kappa shape index (κ2) is 9.26. The van der Waals surface area contributed by atoms with Crippen molar-refractivity contribution in [3.63, 3.8) is 0 Å². The predicted molar refractivity (Wildman–Crippen MR) is 121 cm³/mol. The molecular formula is C25H30N4O. The fraction of sp³-hybridized carbons (Fsp3) is 0.360. The van der Waals surface area contributed by atoms with E-state index in [1.165, 1.54) is 40.7 Å². The van der Waals surface area contributed by atoms with Crippen LogP contribution in [0.4, 0.5) is 0 Å². The summed E-state index contributed by atoms with van der Waals surface area (Å²) in [4.78, 5) is 12.3. The van der Waals surface area contributed by atoms with Crippen LogP contribution in [0.5, 0.6) is 0 Å². The van der Waals surface area contributed by atoms with Crippen LogP contribution in [0.1, 0.15) is 45.8 Å². The molecule has 1 atom stereocenters. The number of carbonyl (C=O) groups is 1. The highest BCUT2D eigenvalue weighted by Gasteiger charge is 2.17. The van der Waals surface area contributed by atoms with Gasteiger partial charge in [0, 0.05) is 26.3 Å². The molecule has 0 aliphatic carbocycles. The molecular weight excluding hydrogens is 372 g/mol. The number of piperidine rings is 1. The normalized spacial score (nSPS) is 16.4. The van der Waals surface area contributed by atoms with Crippen molar-refractivity contribution >= 4 is 5.91 Å². The summed E-state index contributed by atoms with van der Waals surface area (Å²) in [5, 5.41) is 10.6. The molecule has 1 fully saturated rings. The predicted octanol–water partition coefficient (Wildman–Crippen LogP) is 3.84. The van der Waals surface area contributed by atoms with Crippen LogP contribution in [0.3, 0.4) is 0 Å². The molecule has 2 aromatic carbocycles. The van der Waals surface area contributed by atoms with Gasteiger partial charge in [-0.1, -0.05) is 42.5 Å². The Labute approximate surface area is 178 Å². The van der Waals surface area contributed by atoms with Gasteiger partial charge in [0.1, 0.15) is 0 Å². The number of aryl methyl sites for hydroxylation is 2. The van der Waals surface area contributed by atoms with Crippen LogP contribution in [0.25, 0.3) is 11.1 Å². The molecule has 4 rings (SSSR count). The van der Waals surface area contributed by atoms with Gasteiger partial charge in [-0.15, -0.1) is 0 Å². The largest absolute Gasteiger partial charge is 0.352 e. The number of benzene rings is 2. The van der Waals surface area contributed by atoms with Crippen molar-refractivity contribution in [3.05, 3.63) is 77.1 Å². The summed E-state index contributed by atoms with van der Waals surface area (Å²) in [5.41, 5.74) is 7.15. The first-order valence-corrected chi connectivity index (χ1v) is 10.8. The van der Waals surface area contributed by atoms with Crippen molar-refractivity contribution in [3.8, 4) is 11.1 Å². The topological polar surface area (TPSA) is 59.0 Å². The van der Waals surface area contributed by atoms with E-state index in [0.717, 1.165) is 19.5 Å². The molecule has 1 aliphatic heterocycles. The lowest BCUT2D eigenvalue weighted by Gasteiger charge is -2.25. The average Bonchev–Trinajstić information content (AvgIpc) is 3.21. The first kappa shape index (κ1) is 20.4. The Morgan fingerprint density at radius 1 is 1.27 bits per heavy atom. The molecule has 0 radical (unpaired) electrons.